The minimum absolute atomic E-state index is 0.160. The summed E-state index contributed by atoms with van der Waals surface area (Å²) in [6.45, 7) is 0. The van der Waals surface area contributed by atoms with E-state index >= 15 is 0 Å². The van der Waals surface area contributed by atoms with Gasteiger partial charge in [-0.1, -0.05) is 12.1 Å². The first-order valence-corrected chi connectivity index (χ1v) is 5.06. The number of aliphatic hydroxyl groups excluding tert-OH is 1. The molecule has 0 spiro atoms. The maximum atomic E-state index is 13.0. The summed E-state index contributed by atoms with van der Waals surface area (Å²) in [5.41, 5.74) is 6.72. The summed E-state index contributed by atoms with van der Waals surface area (Å²) in [5, 5.41) is 9.98. The van der Waals surface area contributed by atoms with E-state index in [0.717, 1.165) is 18.2 Å². The Kier molecular flexibility index (Phi) is 3.06. The van der Waals surface area contributed by atoms with Crippen molar-refractivity contribution in [1.82, 2.24) is 0 Å². The van der Waals surface area contributed by atoms with Crippen LogP contribution in [0.1, 0.15) is 17.2 Å². The Bertz CT molecular complexity index is 522. The highest BCUT2D eigenvalue weighted by atomic mass is 19.1. The largest absolute Gasteiger partial charge is 0.399 e. The average Bonchev–Trinajstić information content (AvgIpc) is 2.26. The lowest BCUT2D eigenvalue weighted by molar-refractivity contribution is 0.219. The number of hydrogen-bond acceptors (Lipinski definition) is 2. The van der Waals surface area contributed by atoms with E-state index in [9.17, 15) is 13.9 Å². The minimum Gasteiger partial charge on any atom is -0.399 e. The number of hydrogen-bond donors (Lipinski definition) is 2. The van der Waals surface area contributed by atoms with Crippen LogP contribution in [-0.2, 0) is 0 Å². The highest BCUT2D eigenvalue weighted by molar-refractivity contribution is 5.43. The molecule has 2 aromatic rings. The van der Waals surface area contributed by atoms with E-state index in [0.29, 0.717) is 11.3 Å². The lowest BCUT2D eigenvalue weighted by atomic mass is 10.0. The monoisotopic (exact) mass is 235 g/mol. The molecule has 2 aromatic carbocycles. The maximum Gasteiger partial charge on any atom is 0.126 e. The number of halogens is 2. The lowest BCUT2D eigenvalue weighted by Crippen LogP contribution is -2.01. The molecule has 0 amide bonds. The van der Waals surface area contributed by atoms with Gasteiger partial charge in [0.15, 0.2) is 0 Å². The van der Waals surface area contributed by atoms with Crippen LogP contribution in [0.15, 0.2) is 42.5 Å². The Morgan fingerprint density at radius 3 is 2.18 bits per heavy atom. The second-order valence-electron chi connectivity index (χ2n) is 3.78. The average molecular weight is 235 g/mol. The van der Waals surface area contributed by atoms with Crippen molar-refractivity contribution in [1.29, 1.82) is 0 Å². The fourth-order valence-electron chi connectivity index (χ4n) is 1.65. The molecular weight excluding hydrogens is 224 g/mol. The fraction of sp³-hybridized carbons (Fsp3) is 0.0769. The molecule has 1 unspecified atom stereocenters. The Balaban J connectivity index is 2.39. The van der Waals surface area contributed by atoms with Gasteiger partial charge in [-0.05, 0) is 35.4 Å². The van der Waals surface area contributed by atoms with Gasteiger partial charge < -0.3 is 10.8 Å². The molecular formula is C13H11F2NO. The van der Waals surface area contributed by atoms with Gasteiger partial charge >= 0.3 is 0 Å². The Hall–Kier alpha value is -1.94. The van der Waals surface area contributed by atoms with Crippen LogP contribution in [0.4, 0.5) is 14.5 Å². The molecule has 0 fully saturated rings. The smallest absolute Gasteiger partial charge is 0.126 e. The van der Waals surface area contributed by atoms with Crippen molar-refractivity contribution >= 4 is 5.69 Å². The number of nitrogen functional groups attached to an aromatic ring is 1. The van der Waals surface area contributed by atoms with Crippen LogP contribution >= 0.6 is 0 Å². The molecule has 4 heteroatoms. The molecule has 0 radical (unpaired) electrons. The third-order valence-corrected chi connectivity index (χ3v) is 2.43. The Labute approximate surface area is 97.3 Å². The molecule has 2 nitrogen and oxygen atoms in total. The van der Waals surface area contributed by atoms with Gasteiger partial charge in [0.2, 0.25) is 0 Å². The molecule has 0 heterocycles. The van der Waals surface area contributed by atoms with Gasteiger partial charge in [-0.3, -0.25) is 0 Å². The highest BCUT2D eigenvalue weighted by Gasteiger charge is 2.12. The van der Waals surface area contributed by atoms with E-state index in [1.807, 2.05) is 0 Å². The summed E-state index contributed by atoms with van der Waals surface area (Å²) in [6.07, 6.45) is -1.09. The topological polar surface area (TPSA) is 46.2 Å². The zero-order valence-corrected chi connectivity index (χ0v) is 8.90. The van der Waals surface area contributed by atoms with Gasteiger partial charge in [-0.15, -0.1) is 0 Å². The van der Waals surface area contributed by atoms with Crippen LogP contribution in [0.2, 0.25) is 0 Å². The van der Waals surface area contributed by atoms with Crippen LogP contribution in [0, 0.1) is 11.6 Å². The number of rotatable bonds is 2. The van der Waals surface area contributed by atoms with E-state index in [2.05, 4.69) is 0 Å². The van der Waals surface area contributed by atoms with E-state index < -0.39 is 17.7 Å². The summed E-state index contributed by atoms with van der Waals surface area (Å²) in [5.74, 6) is -1.44. The molecule has 3 N–H and O–H groups in total. The molecule has 88 valence electrons. The number of nitrogens with two attached hydrogens (primary N) is 1. The van der Waals surface area contributed by atoms with Gasteiger partial charge in [0.25, 0.3) is 0 Å². The van der Waals surface area contributed by atoms with Crippen molar-refractivity contribution in [3.63, 3.8) is 0 Å². The van der Waals surface area contributed by atoms with Crippen LogP contribution in [0.3, 0.4) is 0 Å². The maximum absolute atomic E-state index is 13.0. The van der Waals surface area contributed by atoms with Crippen LogP contribution in [0.25, 0.3) is 0 Å². The molecule has 0 aliphatic rings. The predicted octanol–water partition coefficient (Wildman–Crippen LogP) is 2.63. The first kappa shape index (κ1) is 11.5. The molecule has 0 saturated heterocycles. The Morgan fingerprint density at radius 1 is 0.941 bits per heavy atom. The van der Waals surface area contributed by atoms with Crippen molar-refractivity contribution in [3.8, 4) is 0 Å². The molecule has 0 aliphatic heterocycles. The van der Waals surface area contributed by atoms with E-state index in [1.165, 1.54) is 0 Å². The zero-order chi connectivity index (χ0) is 12.4. The zero-order valence-electron chi connectivity index (χ0n) is 8.90. The molecule has 2 rings (SSSR count). The third-order valence-electron chi connectivity index (χ3n) is 2.43. The summed E-state index contributed by atoms with van der Waals surface area (Å²) < 4.78 is 26.0. The first-order valence-electron chi connectivity index (χ1n) is 5.06. The molecule has 17 heavy (non-hydrogen) atoms. The van der Waals surface area contributed by atoms with E-state index in [-0.39, 0.29) is 5.56 Å². The molecule has 0 aromatic heterocycles. The summed E-state index contributed by atoms with van der Waals surface area (Å²) in [4.78, 5) is 0. The van der Waals surface area contributed by atoms with Crippen molar-refractivity contribution in [2.75, 3.05) is 5.73 Å². The highest BCUT2D eigenvalue weighted by Crippen LogP contribution is 2.24. The SMILES string of the molecule is Nc1cccc(C(O)c2cc(F)cc(F)c2)c1. The first-order chi connectivity index (χ1) is 8.06. The molecule has 0 saturated carbocycles. The number of anilines is 1. The van der Waals surface area contributed by atoms with Gasteiger partial charge in [-0.25, -0.2) is 8.78 Å². The van der Waals surface area contributed by atoms with Crippen LogP contribution in [-0.4, -0.2) is 5.11 Å². The van der Waals surface area contributed by atoms with Crippen LogP contribution in [0.5, 0.6) is 0 Å². The summed E-state index contributed by atoms with van der Waals surface area (Å²) in [6, 6.07) is 9.49. The van der Waals surface area contributed by atoms with Crippen molar-refractivity contribution in [3.05, 3.63) is 65.2 Å². The fourth-order valence-corrected chi connectivity index (χ4v) is 1.65. The lowest BCUT2D eigenvalue weighted by Gasteiger charge is -2.12. The predicted molar refractivity (Wildman–Crippen MR) is 61.3 cm³/mol. The minimum atomic E-state index is -1.09. The standard InChI is InChI=1S/C13H11F2NO/c14-10-4-9(5-11(15)7-10)13(17)8-2-1-3-12(16)6-8/h1-7,13,17H,16H2. The molecule has 0 bridgehead atoms. The molecule has 0 aliphatic carbocycles. The van der Waals surface area contributed by atoms with Gasteiger partial charge in [0.05, 0.1) is 0 Å². The van der Waals surface area contributed by atoms with E-state index in [4.69, 9.17) is 5.73 Å². The second-order valence-corrected chi connectivity index (χ2v) is 3.78. The summed E-state index contributed by atoms with van der Waals surface area (Å²) in [7, 11) is 0. The molecule has 1 atom stereocenters. The number of benzene rings is 2. The third kappa shape index (κ3) is 2.60. The van der Waals surface area contributed by atoms with E-state index in [1.54, 1.807) is 24.3 Å². The normalized spacial score (nSPS) is 12.4. The van der Waals surface area contributed by atoms with Crippen molar-refractivity contribution < 1.29 is 13.9 Å². The van der Waals surface area contributed by atoms with Crippen molar-refractivity contribution in [2.24, 2.45) is 0 Å². The second kappa shape index (κ2) is 4.51. The Morgan fingerprint density at radius 2 is 1.59 bits per heavy atom. The number of aliphatic hydroxyl groups is 1. The summed E-state index contributed by atoms with van der Waals surface area (Å²) >= 11 is 0. The van der Waals surface area contributed by atoms with Gasteiger partial charge in [0.1, 0.15) is 17.7 Å². The van der Waals surface area contributed by atoms with Crippen LogP contribution < -0.4 is 5.73 Å². The van der Waals surface area contributed by atoms with Crippen molar-refractivity contribution in [2.45, 2.75) is 6.10 Å². The van der Waals surface area contributed by atoms with Gasteiger partial charge in [-0.2, -0.15) is 0 Å². The quantitative estimate of drug-likeness (QED) is 0.786. The van der Waals surface area contributed by atoms with Gasteiger partial charge in [0, 0.05) is 11.8 Å².